The summed E-state index contributed by atoms with van der Waals surface area (Å²) in [6, 6.07) is 6.70. The Morgan fingerprint density at radius 2 is 1.96 bits per heavy atom. The van der Waals surface area contributed by atoms with Crippen LogP contribution in [0.3, 0.4) is 0 Å². The van der Waals surface area contributed by atoms with Crippen LogP contribution in [0.15, 0.2) is 43.0 Å². The molecule has 138 valence electrons. The zero-order chi connectivity index (χ0) is 18.4. The van der Waals surface area contributed by atoms with E-state index in [0.29, 0.717) is 23.7 Å². The minimum atomic E-state index is -0.388. The molecule has 1 aromatic heterocycles. The van der Waals surface area contributed by atoms with Crippen molar-refractivity contribution in [1.29, 1.82) is 0 Å². The number of rotatable bonds is 6. The lowest BCUT2D eigenvalue weighted by Crippen LogP contribution is -2.39. The zero-order valence-electron chi connectivity index (χ0n) is 14.9. The second kappa shape index (κ2) is 8.62. The van der Waals surface area contributed by atoms with Crippen LogP contribution in [0.1, 0.15) is 23.2 Å². The number of imidazole rings is 1. The van der Waals surface area contributed by atoms with Gasteiger partial charge in [-0.1, -0.05) is 0 Å². The Balaban J connectivity index is 1.42. The molecule has 0 unspecified atom stereocenters. The van der Waals surface area contributed by atoms with Crippen molar-refractivity contribution in [2.75, 3.05) is 32.1 Å². The average molecular weight is 356 g/mol. The van der Waals surface area contributed by atoms with Gasteiger partial charge in [-0.25, -0.2) is 9.78 Å². The molecule has 7 heteroatoms. The maximum absolute atomic E-state index is 12.2. The number of carbonyl (C=O) groups excluding carboxylic acids is 2. The van der Waals surface area contributed by atoms with E-state index in [1.807, 2.05) is 12.5 Å². The van der Waals surface area contributed by atoms with E-state index >= 15 is 0 Å². The van der Waals surface area contributed by atoms with E-state index in [-0.39, 0.29) is 11.9 Å². The molecule has 1 fully saturated rings. The lowest BCUT2D eigenvalue weighted by atomic mass is 9.97. The molecule has 1 aromatic carbocycles. The SMILES string of the molecule is COC(=O)c1ccc(NC(=O)CN2CCC(Cn3ccnc3)CC2)cc1. The molecule has 0 radical (unpaired) electrons. The zero-order valence-corrected chi connectivity index (χ0v) is 14.9. The van der Waals surface area contributed by atoms with Crippen molar-refractivity contribution in [3.8, 4) is 0 Å². The van der Waals surface area contributed by atoms with Gasteiger partial charge >= 0.3 is 5.97 Å². The van der Waals surface area contributed by atoms with Crippen molar-refractivity contribution in [3.05, 3.63) is 48.5 Å². The quantitative estimate of drug-likeness (QED) is 0.802. The molecule has 1 aliphatic heterocycles. The Morgan fingerprint density at radius 3 is 2.58 bits per heavy atom. The molecule has 0 saturated carbocycles. The fraction of sp³-hybridized carbons (Fsp3) is 0.421. The van der Waals surface area contributed by atoms with E-state index in [4.69, 9.17) is 0 Å². The average Bonchev–Trinajstić information content (AvgIpc) is 3.16. The van der Waals surface area contributed by atoms with Crippen molar-refractivity contribution in [2.24, 2.45) is 5.92 Å². The van der Waals surface area contributed by atoms with Crippen molar-refractivity contribution >= 4 is 17.6 Å². The van der Waals surface area contributed by atoms with Gasteiger partial charge in [0.25, 0.3) is 0 Å². The van der Waals surface area contributed by atoms with E-state index in [9.17, 15) is 9.59 Å². The lowest BCUT2D eigenvalue weighted by molar-refractivity contribution is -0.117. The van der Waals surface area contributed by atoms with Gasteiger partial charge in [-0.15, -0.1) is 0 Å². The highest BCUT2D eigenvalue weighted by molar-refractivity contribution is 5.93. The minimum Gasteiger partial charge on any atom is -0.465 e. The molecule has 0 bridgehead atoms. The summed E-state index contributed by atoms with van der Waals surface area (Å²) in [6.07, 6.45) is 7.81. The van der Waals surface area contributed by atoms with E-state index < -0.39 is 0 Å². The predicted molar refractivity (Wildman–Crippen MR) is 97.8 cm³/mol. The van der Waals surface area contributed by atoms with Crippen LogP contribution in [-0.2, 0) is 16.1 Å². The molecule has 0 spiro atoms. The summed E-state index contributed by atoms with van der Waals surface area (Å²) in [5.41, 5.74) is 1.14. The summed E-state index contributed by atoms with van der Waals surface area (Å²) in [5, 5.41) is 2.88. The predicted octanol–water partition coefficient (Wildman–Crippen LogP) is 2.02. The van der Waals surface area contributed by atoms with Gasteiger partial charge in [-0.2, -0.15) is 0 Å². The first-order valence-electron chi connectivity index (χ1n) is 8.80. The monoisotopic (exact) mass is 356 g/mol. The molecule has 26 heavy (non-hydrogen) atoms. The first-order valence-corrected chi connectivity index (χ1v) is 8.80. The number of nitrogens with zero attached hydrogens (tertiary/aromatic N) is 3. The Kier molecular flexibility index (Phi) is 6.01. The normalized spacial score (nSPS) is 15.6. The van der Waals surface area contributed by atoms with Crippen LogP contribution >= 0.6 is 0 Å². The van der Waals surface area contributed by atoms with Crippen LogP contribution in [0, 0.1) is 5.92 Å². The van der Waals surface area contributed by atoms with Gasteiger partial charge in [-0.3, -0.25) is 9.69 Å². The first-order chi connectivity index (χ1) is 12.6. The number of esters is 1. The molecule has 1 amide bonds. The summed E-state index contributed by atoms with van der Waals surface area (Å²) < 4.78 is 6.78. The number of likely N-dealkylation sites (tertiary alicyclic amines) is 1. The number of piperidine rings is 1. The molecule has 0 atom stereocenters. The van der Waals surface area contributed by atoms with Gasteiger partial charge in [0.1, 0.15) is 0 Å². The van der Waals surface area contributed by atoms with Crippen molar-refractivity contribution in [2.45, 2.75) is 19.4 Å². The smallest absolute Gasteiger partial charge is 0.337 e. The molecule has 1 saturated heterocycles. The third-order valence-electron chi connectivity index (χ3n) is 4.69. The Bertz CT molecular complexity index is 720. The van der Waals surface area contributed by atoms with Crippen LogP contribution in [0.5, 0.6) is 0 Å². The number of ether oxygens (including phenoxy) is 1. The summed E-state index contributed by atoms with van der Waals surface area (Å²) in [7, 11) is 1.34. The second-order valence-corrected chi connectivity index (χ2v) is 6.60. The minimum absolute atomic E-state index is 0.0381. The number of methoxy groups -OCH3 is 1. The van der Waals surface area contributed by atoms with Crippen LogP contribution in [0.4, 0.5) is 5.69 Å². The Morgan fingerprint density at radius 1 is 1.23 bits per heavy atom. The Hall–Kier alpha value is -2.67. The number of aromatic nitrogens is 2. The van der Waals surface area contributed by atoms with Crippen molar-refractivity contribution in [3.63, 3.8) is 0 Å². The lowest BCUT2D eigenvalue weighted by Gasteiger charge is -2.31. The number of anilines is 1. The Labute approximate surface area is 153 Å². The highest BCUT2D eigenvalue weighted by atomic mass is 16.5. The van der Waals surface area contributed by atoms with Gasteiger partial charge in [0.2, 0.25) is 5.91 Å². The fourth-order valence-corrected chi connectivity index (χ4v) is 3.23. The standard InChI is InChI=1S/C19H24N4O3/c1-26-19(25)16-2-4-17(5-3-16)21-18(24)13-22-9-6-15(7-10-22)12-23-11-8-20-14-23/h2-5,8,11,14-15H,6-7,9-10,12-13H2,1H3,(H,21,24). The summed E-state index contributed by atoms with van der Waals surface area (Å²) >= 11 is 0. The number of amides is 1. The summed E-state index contributed by atoms with van der Waals surface area (Å²) in [4.78, 5) is 29.9. The molecule has 1 N–H and O–H groups in total. The van der Waals surface area contributed by atoms with E-state index in [1.54, 1.807) is 30.5 Å². The number of nitrogens with one attached hydrogen (secondary N) is 1. The van der Waals surface area contributed by atoms with Crippen LogP contribution in [-0.4, -0.2) is 53.1 Å². The van der Waals surface area contributed by atoms with Gasteiger partial charge < -0.3 is 14.6 Å². The molecule has 2 heterocycles. The number of benzene rings is 1. The highest BCUT2D eigenvalue weighted by Crippen LogP contribution is 2.19. The number of hydrogen-bond acceptors (Lipinski definition) is 5. The van der Waals surface area contributed by atoms with E-state index in [0.717, 1.165) is 32.5 Å². The van der Waals surface area contributed by atoms with Crippen LogP contribution in [0.25, 0.3) is 0 Å². The first kappa shape index (κ1) is 18.1. The number of carbonyl (C=O) groups is 2. The van der Waals surface area contributed by atoms with Crippen LogP contribution in [0.2, 0.25) is 0 Å². The second-order valence-electron chi connectivity index (χ2n) is 6.60. The molecule has 0 aliphatic carbocycles. The van der Waals surface area contributed by atoms with Gasteiger partial charge in [0.15, 0.2) is 0 Å². The largest absolute Gasteiger partial charge is 0.465 e. The maximum Gasteiger partial charge on any atom is 0.337 e. The summed E-state index contributed by atoms with van der Waals surface area (Å²) in [5.74, 6) is 0.208. The molecular formula is C19H24N4O3. The molecule has 2 aromatic rings. The molecular weight excluding hydrogens is 332 g/mol. The third-order valence-corrected chi connectivity index (χ3v) is 4.69. The van der Waals surface area contributed by atoms with E-state index in [2.05, 4.69) is 24.5 Å². The van der Waals surface area contributed by atoms with Gasteiger partial charge in [0, 0.05) is 24.6 Å². The number of hydrogen-bond donors (Lipinski definition) is 1. The van der Waals surface area contributed by atoms with Crippen LogP contribution < -0.4 is 5.32 Å². The molecule has 3 rings (SSSR count). The summed E-state index contributed by atoms with van der Waals surface area (Å²) in [6.45, 7) is 3.23. The van der Waals surface area contributed by atoms with Crippen molar-refractivity contribution in [1.82, 2.24) is 14.5 Å². The van der Waals surface area contributed by atoms with Gasteiger partial charge in [-0.05, 0) is 56.1 Å². The highest BCUT2D eigenvalue weighted by Gasteiger charge is 2.21. The maximum atomic E-state index is 12.2. The molecule has 7 nitrogen and oxygen atoms in total. The van der Waals surface area contributed by atoms with E-state index in [1.165, 1.54) is 7.11 Å². The topological polar surface area (TPSA) is 76.5 Å². The fourth-order valence-electron chi connectivity index (χ4n) is 3.23. The third kappa shape index (κ3) is 4.92. The molecule has 1 aliphatic rings. The van der Waals surface area contributed by atoms with Crippen molar-refractivity contribution < 1.29 is 14.3 Å². The van der Waals surface area contributed by atoms with Gasteiger partial charge in [0.05, 0.1) is 25.5 Å².